The van der Waals surface area contributed by atoms with Crippen LogP contribution in [0.1, 0.15) is 57.5 Å². The minimum Gasteiger partial charge on any atom is -0.485 e. The van der Waals surface area contributed by atoms with E-state index in [9.17, 15) is 9.59 Å². The normalized spacial score (nSPS) is 12.8. The Balaban J connectivity index is 1.40. The third kappa shape index (κ3) is 5.70. The van der Waals surface area contributed by atoms with Crippen molar-refractivity contribution in [3.05, 3.63) is 51.2 Å². The first-order valence-electron chi connectivity index (χ1n) is 11.7. The molecule has 35 heavy (non-hydrogen) atoms. The first-order valence-corrected chi connectivity index (χ1v) is 13.5. The number of fused-ring (bicyclic) bond motifs is 1. The maximum Gasteiger partial charge on any atom is 0.341 e. The van der Waals surface area contributed by atoms with Crippen LogP contribution in [0.4, 0.5) is 5.00 Å². The molecule has 10 heteroatoms. The van der Waals surface area contributed by atoms with Gasteiger partial charge in [-0.1, -0.05) is 29.5 Å². The van der Waals surface area contributed by atoms with Gasteiger partial charge in [0.1, 0.15) is 17.4 Å². The number of hydrogen-bond acceptors (Lipinski definition) is 8. The van der Waals surface area contributed by atoms with Gasteiger partial charge < -0.3 is 19.4 Å². The molecule has 1 aliphatic carbocycles. The first kappa shape index (κ1) is 25.2. The molecule has 0 spiro atoms. The number of benzene rings is 1. The van der Waals surface area contributed by atoms with Crippen LogP contribution in [0, 0.1) is 13.8 Å². The highest BCUT2D eigenvalue weighted by atomic mass is 32.2. The molecule has 8 nitrogen and oxygen atoms in total. The third-order valence-corrected chi connectivity index (χ3v) is 8.12. The minimum absolute atomic E-state index is 0.152. The van der Waals surface area contributed by atoms with E-state index in [1.54, 1.807) is 0 Å². The maximum atomic E-state index is 12.8. The Labute approximate surface area is 213 Å². The number of carbonyl (C=O) groups excluding carboxylic acids is 2. The van der Waals surface area contributed by atoms with Crippen LogP contribution in [0.15, 0.2) is 23.4 Å². The fraction of sp³-hybridized carbons (Fsp3) is 0.440. The zero-order valence-corrected chi connectivity index (χ0v) is 22.1. The number of thiophene rings is 1. The molecule has 4 rings (SSSR count). The number of carbonyl (C=O) groups is 2. The van der Waals surface area contributed by atoms with Crippen molar-refractivity contribution in [1.29, 1.82) is 0 Å². The second kappa shape index (κ2) is 11.3. The molecule has 2 aromatic heterocycles. The van der Waals surface area contributed by atoms with Crippen LogP contribution in [-0.4, -0.2) is 39.5 Å². The molecule has 3 aromatic rings. The number of thioether (sulfide) groups is 1. The summed E-state index contributed by atoms with van der Waals surface area (Å²) in [6.07, 6.45) is 3.91. The Morgan fingerprint density at radius 2 is 2.00 bits per heavy atom. The second-order valence-electron chi connectivity index (χ2n) is 8.44. The number of nitrogens with zero attached hydrogens (tertiary/aromatic N) is 3. The van der Waals surface area contributed by atoms with Crippen molar-refractivity contribution in [2.24, 2.45) is 0 Å². The van der Waals surface area contributed by atoms with E-state index in [0.717, 1.165) is 42.6 Å². The van der Waals surface area contributed by atoms with Crippen molar-refractivity contribution in [3.8, 4) is 5.75 Å². The van der Waals surface area contributed by atoms with E-state index in [1.807, 2.05) is 37.5 Å². The predicted octanol–water partition coefficient (Wildman–Crippen LogP) is 4.95. The topological polar surface area (TPSA) is 95.3 Å². The Kier molecular flexibility index (Phi) is 8.12. The quantitative estimate of drug-likeness (QED) is 0.319. The van der Waals surface area contributed by atoms with Gasteiger partial charge in [-0.25, -0.2) is 4.79 Å². The highest BCUT2D eigenvalue weighted by molar-refractivity contribution is 7.99. The number of methoxy groups -OCH3 is 1. The number of aryl methyl sites for hydroxylation is 3. The summed E-state index contributed by atoms with van der Waals surface area (Å²) in [6.45, 7) is 7.02. The highest BCUT2D eigenvalue weighted by Crippen LogP contribution is 2.38. The lowest BCUT2D eigenvalue weighted by Crippen LogP contribution is -2.17. The van der Waals surface area contributed by atoms with Gasteiger partial charge >= 0.3 is 5.97 Å². The van der Waals surface area contributed by atoms with Gasteiger partial charge in [0.15, 0.2) is 11.0 Å². The van der Waals surface area contributed by atoms with Crippen molar-refractivity contribution >= 4 is 40.0 Å². The number of nitrogens with one attached hydrogen (secondary N) is 1. The average Bonchev–Trinajstić information content (AvgIpc) is 3.41. The van der Waals surface area contributed by atoms with E-state index in [2.05, 4.69) is 21.6 Å². The van der Waals surface area contributed by atoms with Crippen LogP contribution in [-0.2, 0) is 35.5 Å². The molecule has 1 amide bonds. The Bertz CT molecular complexity index is 1230. The van der Waals surface area contributed by atoms with Crippen molar-refractivity contribution in [2.75, 3.05) is 18.2 Å². The summed E-state index contributed by atoms with van der Waals surface area (Å²) in [4.78, 5) is 26.4. The molecule has 0 atom stereocenters. The van der Waals surface area contributed by atoms with Crippen molar-refractivity contribution in [1.82, 2.24) is 14.8 Å². The van der Waals surface area contributed by atoms with E-state index in [-0.39, 0.29) is 11.7 Å². The molecular formula is C25H30N4O4S2. The van der Waals surface area contributed by atoms with Crippen LogP contribution in [0.5, 0.6) is 5.75 Å². The minimum atomic E-state index is -0.397. The molecule has 0 radical (unpaired) electrons. The summed E-state index contributed by atoms with van der Waals surface area (Å²) in [5.74, 6) is 1.08. The number of esters is 1. The molecule has 0 bridgehead atoms. The fourth-order valence-electron chi connectivity index (χ4n) is 4.22. The Morgan fingerprint density at radius 1 is 1.20 bits per heavy atom. The lowest BCUT2D eigenvalue weighted by molar-refractivity contribution is -0.113. The van der Waals surface area contributed by atoms with E-state index in [0.29, 0.717) is 34.7 Å². The van der Waals surface area contributed by atoms with Gasteiger partial charge in [-0.05, 0) is 63.6 Å². The predicted molar refractivity (Wildman–Crippen MR) is 138 cm³/mol. The third-order valence-electron chi connectivity index (χ3n) is 5.94. The molecule has 186 valence electrons. The largest absolute Gasteiger partial charge is 0.485 e. The molecule has 0 saturated heterocycles. The van der Waals surface area contributed by atoms with Crippen LogP contribution < -0.4 is 10.1 Å². The smallest absolute Gasteiger partial charge is 0.341 e. The summed E-state index contributed by atoms with van der Waals surface area (Å²) in [5, 5.41) is 12.7. The van der Waals surface area contributed by atoms with Crippen LogP contribution in [0.3, 0.4) is 0 Å². The number of hydrogen-bond donors (Lipinski definition) is 1. The van der Waals surface area contributed by atoms with Gasteiger partial charge in [-0.15, -0.1) is 21.5 Å². The van der Waals surface area contributed by atoms with E-state index >= 15 is 0 Å². The number of amides is 1. The first-order chi connectivity index (χ1) is 16.9. The van der Waals surface area contributed by atoms with E-state index in [1.165, 1.54) is 40.6 Å². The standard InChI is InChI=1S/C25H30N4O4S2/c1-5-29-20(13-33-18-11-10-15(2)12-16(18)3)27-28-25(29)34-14-21(30)26-23-22(24(31)32-4)17-8-6-7-9-19(17)35-23/h10-12H,5-9,13-14H2,1-4H3,(H,26,30). The molecule has 2 heterocycles. The van der Waals surface area contributed by atoms with Crippen molar-refractivity contribution in [2.45, 2.75) is 64.8 Å². The Morgan fingerprint density at radius 3 is 2.74 bits per heavy atom. The van der Waals surface area contributed by atoms with Gasteiger partial charge in [-0.3, -0.25) is 4.79 Å². The highest BCUT2D eigenvalue weighted by Gasteiger charge is 2.27. The summed E-state index contributed by atoms with van der Waals surface area (Å²) in [5.41, 5.74) is 3.79. The Hall–Kier alpha value is -2.85. The summed E-state index contributed by atoms with van der Waals surface area (Å²) >= 11 is 2.79. The zero-order chi connectivity index (χ0) is 24.9. The second-order valence-corrected chi connectivity index (χ2v) is 10.5. The van der Waals surface area contributed by atoms with Crippen molar-refractivity contribution in [3.63, 3.8) is 0 Å². The molecule has 0 saturated carbocycles. The number of anilines is 1. The zero-order valence-electron chi connectivity index (χ0n) is 20.5. The van der Waals surface area contributed by atoms with Crippen LogP contribution in [0.25, 0.3) is 0 Å². The van der Waals surface area contributed by atoms with E-state index in [4.69, 9.17) is 9.47 Å². The van der Waals surface area contributed by atoms with E-state index < -0.39 is 5.97 Å². The summed E-state index contributed by atoms with van der Waals surface area (Å²) < 4.78 is 12.9. The lowest BCUT2D eigenvalue weighted by atomic mass is 9.95. The van der Waals surface area contributed by atoms with Gasteiger partial charge in [0.05, 0.1) is 18.4 Å². The maximum absolute atomic E-state index is 12.8. The van der Waals surface area contributed by atoms with Crippen molar-refractivity contribution < 1.29 is 19.1 Å². The lowest BCUT2D eigenvalue weighted by Gasteiger charge is -2.12. The van der Waals surface area contributed by atoms with Crippen LogP contribution >= 0.6 is 23.1 Å². The monoisotopic (exact) mass is 514 g/mol. The molecular weight excluding hydrogens is 484 g/mol. The number of rotatable bonds is 9. The summed E-state index contributed by atoms with van der Waals surface area (Å²) in [7, 11) is 1.37. The van der Waals surface area contributed by atoms with Gasteiger partial charge in [0.2, 0.25) is 5.91 Å². The van der Waals surface area contributed by atoms with Gasteiger partial charge in [-0.2, -0.15) is 0 Å². The number of ether oxygens (including phenoxy) is 2. The van der Waals surface area contributed by atoms with Gasteiger partial charge in [0.25, 0.3) is 0 Å². The fourth-order valence-corrected chi connectivity index (χ4v) is 6.33. The van der Waals surface area contributed by atoms with Crippen LogP contribution in [0.2, 0.25) is 0 Å². The molecule has 0 unspecified atom stereocenters. The van der Waals surface area contributed by atoms with Gasteiger partial charge in [0, 0.05) is 11.4 Å². The molecule has 0 aliphatic heterocycles. The SMILES string of the molecule is CCn1c(COc2ccc(C)cc2C)nnc1SCC(=O)Nc1sc2c(c1C(=O)OC)CCCC2. The molecule has 1 aromatic carbocycles. The number of aromatic nitrogens is 3. The molecule has 0 fully saturated rings. The average molecular weight is 515 g/mol. The summed E-state index contributed by atoms with van der Waals surface area (Å²) in [6, 6.07) is 6.06. The molecule has 1 aliphatic rings. The molecule has 1 N–H and O–H groups in total.